The first-order chi connectivity index (χ1) is 9.15. The van der Waals surface area contributed by atoms with Gasteiger partial charge in [-0.25, -0.2) is 0 Å². The Labute approximate surface area is 114 Å². The Hall–Kier alpha value is -1.14. The molecule has 0 bridgehead atoms. The van der Waals surface area contributed by atoms with Crippen LogP contribution in [0.4, 0.5) is 0 Å². The molecular formula is C13H24N4O2. The lowest BCUT2D eigenvalue weighted by Gasteiger charge is -2.32. The molecule has 0 spiro atoms. The molecule has 6 heteroatoms. The molecule has 0 aromatic heterocycles. The Morgan fingerprint density at radius 3 is 2.74 bits per heavy atom. The lowest BCUT2D eigenvalue weighted by atomic mass is 9.98. The van der Waals surface area contributed by atoms with Gasteiger partial charge in [-0.15, -0.1) is 0 Å². The van der Waals surface area contributed by atoms with E-state index in [-0.39, 0.29) is 17.7 Å². The van der Waals surface area contributed by atoms with Gasteiger partial charge in [0, 0.05) is 52.2 Å². The minimum Gasteiger partial charge on any atom is -0.355 e. The van der Waals surface area contributed by atoms with E-state index in [1.165, 1.54) is 0 Å². The summed E-state index contributed by atoms with van der Waals surface area (Å²) in [5, 5.41) is 5.72. The largest absolute Gasteiger partial charge is 0.355 e. The van der Waals surface area contributed by atoms with Crippen LogP contribution in [0.2, 0.25) is 0 Å². The average molecular weight is 268 g/mol. The first-order valence-electron chi connectivity index (χ1n) is 7.10. The second-order valence-corrected chi connectivity index (χ2v) is 5.48. The molecule has 0 aromatic carbocycles. The van der Waals surface area contributed by atoms with Crippen molar-refractivity contribution in [3.05, 3.63) is 0 Å². The Bertz CT molecular complexity index is 317. The lowest BCUT2D eigenvalue weighted by molar-refractivity contribution is -0.128. The number of hydrogen-bond acceptors (Lipinski definition) is 4. The van der Waals surface area contributed by atoms with Crippen molar-refractivity contribution in [2.75, 3.05) is 52.9 Å². The predicted octanol–water partition coefficient (Wildman–Crippen LogP) is -1.12. The number of carbonyl (C=O) groups is 2. The fraction of sp³-hybridized carbons (Fsp3) is 0.846. The first kappa shape index (κ1) is 14.3. The van der Waals surface area contributed by atoms with Crippen LogP contribution in [0, 0.1) is 5.92 Å². The molecule has 1 atom stereocenters. The topological polar surface area (TPSA) is 64.7 Å². The summed E-state index contributed by atoms with van der Waals surface area (Å²) in [5.41, 5.74) is 0. The van der Waals surface area contributed by atoms with E-state index >= 15 is 0 Å². The minimum atomic E-state index is -0.0508. The molecule has 2 fully saturated rings. The molecule has 0 radical (unpaired) electrons. The third-order valence-corrected chi connectivity index (χ3v) is 3.96. The van der Waals surface area contributed by atoms with Gasteiger partial charge in [-0.1, -0.05) is 0 Å². The number of carbonyl (C=O) groups excluding carboxylic acids is 2. The maximum Gasteiger partial charge on any atom is 0.224 e. The van der Waals surface area contributed by atoms with Gasteiger partial charge in [0.05, 0.1) is 5.92 Å². The minimum absolute atomic E-state index is 0.0508. The lowest BCUT2D eigenvalue weighted by Crippen LogP contribution is -2.48. The van der Waals surface area contributed by atoms with Crippen LogP contribution in [0.25, 0.3) is 0 Å². The molecule has 0 aromatic rings. The summed E-state index contributed by atoms with van der Waals surface area (Å²) >= 11 is 0. The first-order valence-corrected chi connectivity index (χ1v) is 7.10. The zero-order valence-electron chi connectivity index (χ0n) is 11.7. The second-order valence-electron chi connectivity index (χ2n) is 5.48. The maximum absolute atomic E-state index is 11.9. The quantitative estimate of drug-likeness (QED) is 0.678. The summed E-state index contributed by atoms with van der Waals surface area (Å²) in [6, 6.07) is 0. The van der Waals surface area contributed by atoms with Crippen LogP contribution in [0.15, 0.2) is 0 Å². The second kappa shape index (κ2) is 6.86. The van der Waals surface area contributed by atoms with Crippen molar-refractivity contribution in [2.24, 2.45) is 5.92 Å². The summed E-state index contributed by atoms with van der Waals surface area (Å²) in [6.07, 6.45) is 1.14. The molecule has 2 aliphatic rings. The SMILES string of the molecule is CN1CCN(CCNC(=O)C2CCC(=O)NC2)CC1. The number of piperidine rings is 1. The fourth-order valence-corrected chi connectivity index (χ4v) is 2.51. The van der Waals surface area contributed by atoms with Gasteiger partial charge in [0.25, 0.3) is 0 Å². The van der Waals surface area contributed by atoms with Crippen molar-refractivity contribution in [3.8, 4) is 0 Å². The standard InChI is InChI=1S/C13H24N4O2/c1-16-6-8-17(9-7-16)5-4-14-13(19)11-2-3-12(18)15-10-11/h11H,2-10H2,1H3,(H,14,19)(H,15,18). The van der Waals surface area contributed by atoms with Gasteiger partial charge in [0.1, 0.15) is 0 Å². The van der Waals surface area contributed by atoms with E-state index in [1.807, 2.05) is 0 Å². The van der Waals surface area contributed by atoms with Crippen molar-refractivity contribution < 1.29 is 9.59 Å². The van der Waals surface area contributed by atoms with Crippen LogP contribution >= 0.6 is 0 Å². The number of rotatable bonds is 4. The zero-order valence-corrected chi connectivity index (χ0v) is 11.7. The molecule has 1 unspecified atom stereocenters. The number of hydrogen-bond donors (Lipinski definition) is 2. The van der Waals surface area contributed by atoms with Crippen molar-refractivity contribution in [2.45, 2.75) is 12.8 Å². The highest BCUT2D eigenvalue weighted by Gasteiger charge is 2.24. The molecule has 0 saturated carbocycles. The summed E-state index contributed by atoms with van der Waals surface area (Å²) in [5.74, 6) is 0.0841. The van der Waals surface area contributed by atoms with Crippen LogP contribution in [-0.4, -0.2) is 74.5 Å². The predicted molar refractivity (Wildman–Crippen MR) is 72.7 cm³/mol. The van der Waals surface area contributed by atoms with Crippen LogP contribution < -0.4 is 10.6 Å². The third kappa shape index (κ3) is 4.47. The highest BCUT2D eigenvalue weighted by molar-refractivity contribution is 5.83. The van der Waals surface area contributed by atoms with Crippen LogP contribution in [0.3, 0.4) is 0 Å². The Kier molecular flexibility index (Phi) is 5.15. The van der Waals surface area contributed by atoms with Crippen LogP contribution in [0.5, 0.6) is 0 Å². The Morgan fingerprint density at radius 1 is 1.37 bits per heavy atom. The zero-order chi connectivity index (χ0) is 13.7. The molecular weight excluding hydrogens is 244 g/mol. The molecule has 0 aliphatic carbocycles. The summed E-state index contributed by atoms with van der Waals surface area (Å²) in [7, 11) is 2.14. The van der Waals surface area contributed by atoms with Gasteiger partial charge in [-0.3, -0.25) is 14.5 Å². The monoisotopic (exact) mass is 268 g/mol. The Morgan fingerprint density at radius 2 is 2.11 bits per heavy atom. The van der Waals surface area contributed by atoms with Crippen molar-refractivity contribution in [3.63, 3.8) is 0 Å². The van der Waals surface area contributed by atoms with E-state index in [9.17, 15) is 9.59 Å². The molecule has 2 aliphatic heterocycles. The molecule has 2 heterocycles. The van der Waals surface area contributed by atoms with Crippen LogP contribution in [-0.2, 0) is 9.59 Å². The Balaban J connectivity index is 1.60. The number of nitrogens with zero attached hydrogens (tertiary/aromatic N) is 2. The molecule has 6 nitrogen and oxygen atoms in total. The summed E-state index contributed by atoms with van der Waals surface area (Å²) < 4.78 is 0. The third-order valence-electron chi connectivity index (χ3n) is 3.96. The van der Waals surface area contributed by atoms with Gasteiger partial charge in [-0.2, -0.15) is 0 Å². The van der Waals surface area contributed by atoms with E-state index in [0.29, 0.717) is 25.9 Å². The molecule has 2 rings (SSSR count). The molecule has 108 valence electrons. The number of piperazine rings is 1. The van der Waals surface area contributed by atoms with Gasteiger partial charge in [-0.05, 0) is 13.5 Å². The normalized spacial score (nSPS) is 25.9. The molecule has 2 saturated heterocycles. The van der Waals surface area contributed by atoms with Gasteiger partial charge < -0.3 is 15.5 Å². The van der Waals surface area contributed by atoms with Gasteiger partial charge >= 0.3 is 0 Å². The number of amides is 2. The molecule has 19 heavy (non-hydrogen) atoms. The smallest absolute Gasteiger partial charge is 0.224 e. The van der Waals surface area contributed by atoms with E-state index in [2.05, 4.69) is 27.5 Å². The van der Waals surface area contributed by atoms with Gasteiger partial charge in [0.15, 0.2) is 0 Å². The maximum atomic E-state index is 11.9. The molecule has 2 N–H and O–H groups in total. The van der Waals surface area contributed by atoms with E-state index < -0.39 is 0 Å². The van der Waals surface area contributed by atoms with Crippen LogP contribution in [0.1, 0.15) is 12.8 Å². The van der Waals surface area contributed by atoms with Crippen molar-refractivity contribution in [1.29, 1.82) is 0 Å². The average Bonchev–Trinajstić information content (AvgIpc) is 2.41. The van der Waals surface area contributed by atoms with E-state index in [0.717, 1.165) is 32.7 Å². The fourth-order valence-electron chi connectivity index (χ4n) is 2.51. The number of likely N-dealkylation sites (N-methyl/N-ethyl adjacent to an activating group) is 1. The van der Waals surface area contributed by atoms with E-state index in [1.54, 1.807) is 0 Å². The highest BCUT2D eigenvalue weighted by atomic mass is 16.2. The number of nitrogens with one attached hydrogen (secondary N) is 2. The van der Waals surface area contributed by atoms with Crippen molar-refractivity contribution in [1.82, 2.24) is 20.4 Å². The molecule has 2 amide bonds. The summed E-state index contributed by atoms with van der Waals surface area (Å²) in [4.78, 5) is 27.6. The summed E-state index contributed by atoms with van der Waals surface area (Å²) in [6.45, 7) is 6.45. The van der Waals surface area contributed by atoms with Gasteiger partial charge in [0.2, 0.25) is 11.8 Å². The van der Waals surface area contributed by atoms with E-state index in [4.69, 9.17) is 0 Å². The highest BCUT2D eigenvalue weighted by Crippen LogP contribution is 2.10. The van der Waals surface area contributed by atoms with Crippen molar-refractivity contribution >= 4 is 11.8 Å².